The molecule has 0 aliphatic rings. The summed E-state index contributed by atoms with van der Waals surface area (Å²) in [6.07, 6.45) is 0.944. The molecule has 0 amide bonds. The Hall–Kier alpha value is -2.25. The highest BCUT2D eigenvalue weighted by Gasteiger charge is 2.17. The van der Waals surface area contributed by atoms with Gasteiger partial charge in [-0.2, -0.15) is 4.52 Å². The molecular weight excluding hydrogens is 324 g/mol. The topological polar surface area (TPSA) is 79.5 Å². The summed E-state index contributed by atoms with van der Waals surface area (Å²) >= 11 is 1.31. The van der Waals surface area contributed by atoms with Gasteiger partial charge in [0.15, 0.2) is 0 Å². The van der Waals surface area contributed by atoms with Gasteiger partial charge >= 0.3 is 0 Å². The Balaban J connectivity index is 1.96. The fourth-order valence-electron chi connectivity index (χ4n) is 2.44. The van der Waals surface area contributed by atoms with E-state index in [1.165, 1.54) is 21.9 Å². The fraction of sp³-hybridized carbons (Fsp3) is 0.353. The third-order valence-electron chi connectivity index (χ3n) is 4.15. The highest BCUT2D eigenvalue weighted by Crippen LogP contribution is 2.22. The van der Waals surface area contributed by atoms with Gasteiger partial charge in [0.25, 0.3) is 5.56 Å². The lowest BCUT2D eigenvalue weighted by Crippen LogP contribution is -2.30. The highest BCUT2D eigenvalue weighted by molar-refractivity contribution is 7.20. The number of aromatic nitrogens is 3. The number of anilines is 1. The Bertz CT molecular complexity index is 875. The molecular formula is C17H20N4O2S. The number of hydrogen-bond donors (Lipinski definition) is 2. The molecule has 0 radical (unpaired) electrons. The van der Waals surface area contributed by atoms with Crippen molar-refractivity contribution in [1.29, 1.82) is 0 Å². The van der Waals surface area contributed by atoms with Crippen LogP contribution in [0.1, 0.15) is 20.3 Å². The van der Waals surface area contributed by atoms with Crippen molar-refractivity contribution in [3.05, 3.63) is 46.8 Å². The van der Waals surface area contributed by atoms with Crippen LogP contribution in [0.3, 0.4) is 0 Å². The van der Waals surface area contributed by atoms with Crippen LogP contribution in [-0.2, 0) is 0 Å². The number of benzene rings is 1. The van der Waals surface area contributed by atoms with Gasteiger partial charge in [0.2, 0.25) is 10.1 Å². The zero-order valence-corrected chi connectivity index (χ0v) is 14.5. The van der Waals surface area contributed by atoms with Crippen LogP contribution in [0, 0.1) is 5.92 Å². The largest absolute Gasteiger partial charge is 0.394 e. The van der Waals surface area contributed by atoms with Gasteiger partial charge in [-0.1, -0.05) is 61.9 Å². The molecule has 0 spiro atoms. The van der Waals surface area contributed by atoms with Gasteiger partial charge in [-0.3, -0.25) is 4.79 Å². The molecule has 2 heterocycles. The maximum atomic E-state index is 12.3. The first kappa shape index (κ1) is 16.6. The smallest absolute Gasteiger partial charge is 0.275 e. The molecule has 6 nitrogen and oxygen atoms in total. The van der Waals surface area contributed by atoms with Crippen molar-refractivity contribution in [3.8, 4) is 11.3 Å². The summed E-state index contributed by atoms with van der Waals surface area (Å²) in [5, 5.41) is 17.6. The third-order valence-corrected chi connectivity index (χ3v) is 4.99. The van der Waals surface area contributed by atoms with Crippen molar-refractivity contribution in [1.82, 2.24) is 14.6 Å². The molecule has 7 heteroatoms. The lowest BCUT2D eigenvalue weighted by atomic mass is 10.0. The van der Waals surface area contributed by atoms with Crippen molar-refractivity contribution < 1.29 is 5.11 Å². The predicted octanol–water partition coefficient (Wildman–Crippen LogP) is 2.64. The fourth-order valence-corrected chi connectivity index (χ4v) is 3.30. The highest BCUT2D eigenvalue weighted by atomic mass is 32.1. The van der Waals surface area contributed by atoms with Gasteiger partial charge < -0.3 is 10.4 Å². The van der Waals surface area contributed by atoms with E-state index in [1.54, 1.807) is 0 Å². The first-order valence-electron chi connectivity index (χ1n) is 7.96. The molecule has 0 bridgehead atoms. The van der Waals surface area contributed by atoms with E-state index in [9.17, 15) is 9.90 Å². The molecule has 2 unspecified atom stereocenters. The number of aliphatic hydroxyl groups is 1. The number of nitrogens with one attached hydrogen (secondary N) is 1. The monoisotopic (exact) mass is 344 g/mol. The van der Waals surface area contributed by atoms with Gasteiger partial charge in [-0.25, -0.2) is 4.98 Å². The molecule has 2 aromatic heterocycles. The Labute approximate surface area is 143 Å². The molecule has 0 saturated heterocycles. The Morgan fingerprint density at radius 2 is 2.08 bits per heavy atom. The summed E-state index contributed by atoms with van der Waals surface area (Å²) in [4.78, 5) is 17.4. The molecule has 24 heavy (non-hydrogen) atoms. The first-order valence-corrected chi connectivity index (χ1v) is 8.77. The SMILES string of the molecule is CCC(C)C(CO)Nc1nn2c(=O)cc(-c3ccccc3)nc2s1. The summed E-state index contributed by atoms with van der Waals surface area (Å²) in [6.45, 7) is 4.16. The van der Waals surface area contributed by atoms with Crippen LogP contribution in [0.5, 0.6) is 0 Å². The Morgan fingerprint density at radius 1 is 1.33 bits per heavy atom. The number of aliphatic hydroxyl groups excluding tert-OH is 1. The van der Waals surface area contributed by atoms with Gasteiger partial charge in [-0.05, 0) is 5.92 Å². The average Bonchev–Trinajstić information content (AvgIpc) is 3.03. The van der Waals surface area contributed by atoms with Crippen LogP contribution < -0.4 is 10.9 Å². The van der Waals surface area contributed by atoms with Crippen molar-refractivity contribution in [2.24, 2.45) is 5.92 Å². The van der Waals surface area contributed by atoms with Crippen LogP contribution in [-0.4, -0.2) is 32.4 Å². The molecule has 3 aromatic rings. The molecule has 126 valence electrons. The maximum Gasteiger partial charge on any atom is 0.275 e. The van der Waals surface area contributed by atoms with E-state index in [-0.39, 0.29) is 18.2 Å². The Kier molecular flexibility index (Phi) is 4.92. The first-order chi connectivity index (χ1) is 11.6. The Morgan fingerprint density at radius 3 is 2.75 bits per heavy atom. The molecule has 0 aliphatic carbocycles. The van der Waals surface area contributed by atoms with E-state index >= 15 is 0 Å². The number of fused-ring (bicyclic) bond motifs is 1. The molecule has 2 N–H and O–H groups in total. The number of nitrogens with zero attached hydrogens (tertiary/aromatic N) is 3. The standard InChI is InChI=1S/C17H20N4O2S/c1-3-11(2)14(10-22)18-16-20-21-15(23)9-13(19-17(21)24-16)12-7-5-4-6-8-12/h4-9,11,14,22H,3,10H2,1-2H3,(H,18,20). The third kappa shape index (κ3) is 3.32. The van der Waals surface area contributed by atoms with Crippen LogP contribution >= 0.6 is 11.3 Å². The molecule has 0 fully saturated rings. The van der Waals surface area contributed by atoms with Crippen LogP contribution in [0.2, 0.25) is 0 Å². The minimum absolute atomic E-state index is 0.0164. The molecule has 0 aliphatic heterocycles. The lowest BCUT2D eigenvalue weighted by Gasteiger charge is -2.21. The van der Waals surface area contributed by atoms with Gasteiger partial charge in [-0.15, -0.1) is 5.10 Å². The van der Waals surface area contributed by atoms with E-state index in [1.807, 2.05) is 30.3 Å². The van der Waals surface area contributed by atoms with Crippen molar-refractivity contribution in [2.45, 2.75) is 26.3 Å². The lowest BCUT2D eigenvalue weighted by molar-refractivity contribution is 0.241. The van der Waals surface area contributed by atoms with Crippen molar-refractivity contribution >= 4 is 21.4 Å². The van der Waals surface area contributed by atoms with Gasteiger partial charge in [0.05, 0.1) is 18.3 Å². The summed E-state index contributed by atoms with van der Waals surface area (Å²) in [7, 11) is 0. The van der Waals surface area contributed by atoms with E-state index in [4.69, 9.17) is 0 Å². The summed E-state index contributed by atoms with van der Waals surface area (Å²) < 4.78 is 1.30. The summed E-state index contributed by atoms with van der Waals surface area (Å²) in [5.74, 6) is 0.298. The summed E-state index contributed by atoms with van der Waals surface area (Å²) in [5.41, 5.74) is 1.32. The van der Waals surface area contributed by atoms with Gasteiger partial charge in [0.1, 0.15) is 0 Å². The number of rotatable bonds is 6. The quantitative estimate of drug-likeness (QED) is 0.719. The molecule has 0 saturated carbocycles. The average molecular weight is 344 g/mol. The zero-order chi connectivity index (χ0) is 17.1. The molecule has 3 rings (SSSR count). The predicted molar refractivity (Wildman–Crippen MR) is 96.5 cm³/mol. The number of hydrogen-bond acceptors (Lipinski definition) is 6. The van der Waals surface area contributed by atoms with Crippen molar-refractivity contribution in [2.75, 3.05) is 11.9 Å². The maximum absolute atomic E-state index is 12.3. The van der Waals surface area contributed by atoms with E-state index in [0.717, 1.165) is 12.0 Å². The van der Waals surface area contributed by atoms with E-state index in [0.29, 0.717) is 21.7 Å². The van der Waals surface area contributed by atoms with Crippen LogP contribution in [0.15, 0.2) is 41.2 Å². The minimum Gasteiger partial charge on any atom is -0.394 e. The molecule has 2 atom stereocenters. The van der Waals surface area contributed by atoms with Crippen molar-refractivity contribution in [3.63, 3.8) is 0 Å². The van der Waals surface area contributed by atoms with Crippen LogP contribution in [0.25, 0.3) is 16.2 Å². The molecule has 1 aromatic carbocycles. The van der Waals surface area contributed by atoms with E-state index < -0.39 is 0 Å². The van der Waals surface area contributed by atoms with Crippen LogP contribution in [0.4, 0.5) is 5.13 Å². The van der Waals surface area contributed by atoms with Gasteiger partial charge in [0, 0.05) is 11.6 Å². The minimum atomic E-state index is -0.216. The second-order valence-corrected chi connectivity index (χ2v) is 6.72. The normalized spacial score (nSPS) is 13.8. The van der Waals surface area contributed by atoms with E-state index in [2.05, 4.69) is 29.2 Å². The summed E-state index contributed by atoms with van der Waals surface area (Å²) in [6, 6.07) is 11.0. The zero-order valence-electron chi connectivity index (χ0n) is 13.6. The second-order valence-electron chi connectivity index (χ2n) is 5.77. The second kappa shape index (κ2) is 7.11.